The van der Waals surface area contributed by atoms with E-state index in [1.54, 1.807) is 17.2 Å². The lowest BCUT2D eigenvalue weighted by Crippen LogP contribution is -2.62. The second kappa shape index (κ2) is 15.6. The number of benzene rings is 1. The third-order valence-corrected chi connectivity index (χ3v) is 13.1. The van der Waals surface area contributed by atoms with Crippen molar-refractivity contribution in [1.82, 2.24) is 33.7 Å². The second-order valence-electron chi connectivity index (χ2n) is 15.6. The molecule has 286 valence electrons. The van der Waals surface area contributed by atoms with Crippen molar-refractivity contribution in [3.8, 4) is 11.5 Å². The molecule has 0 saturated carbocycles. The van der Waals surface area contributed by atoms with Crippen molar-refractivity contribution >= 4 is 21.9 Å². The van der Waals surface area contributed by atoms with Crippen molar-refractivity contribution in [3.05, 3.63) is 54.8 Å². The van der Waals surface area contributed by atoms with Gasteiger partial charge in [-0.05, 0) is 91.1 Å². The van der Waals surface area contributed by atoms with E-state index in [1.807, 2.05) is 27.7 Å². The lowest BCUT2D eigenvalue weighted by Gasteiger charge is -2.55. The summed E-state index contributed by atoms with van der Waals surface area (Å²) >= 11 is 0. The van der Waals surface area contributed by atoms with Crippen LogP contribution in [0.5, 0.6) is 11.5 Å². The van der Waals surface area contributed by atoms with Crippen LogP contribution in [-0.2, 0) is 10.2 Å². The molecule has 2 aromatic rings. The third-order valence-electron chi connectivity index (χ3n) is 11.1. The van der Waals surface area contributed by atoms with Gasteiger partial charge in [-0.3, -0.25) is 4.79 Å². The maximum absolute atomic E-state index is 16.2. The molecule has 6 rings (SSSR count). The van der Waals surface area contributed by atoms with Gasteiger partial charge in [0.1, 0.15) is 23.6 Å². The van der Waals surface area contributed by atoms with Gasteiger partial charge in [0.05, 0.1) is 11.8 Å². The highest BCUT2D eigenvalue weighted by Crippen LogP contribution is 2.45. The average Bonchev–Trinajstić information content (AvgIpc) is 3.09. The summed E-state index contributed by atoms with van der Waals surface area (Å²) in [7, 11) is -3.64. The van der Waals surface area contributed by atoms with Gasteiger partial charge >= 0.3 is 0 Å². The summed E-state index contributed by atoms with van der Waals surface area (Å²) in [4.78, 5) is 28.3. The van der Waals surface area contributed by atoms with Crippen molar-refractivity contribution in [2.75, 3.05) is 70.3 Å². The maximum atomic E-state index is 16.2. The molecular formula is C37H54F2N8O4S. The van der Waals surface area contributed by atoms with E-state index in [2.05, 4.69) is 31.7 Å². The molecular weight excluding hydrogens is 691 g/mol. The Morgan fingerprint density at radius 3 is 2.40 bits per heavy atom. The molecule has 4 aliphatic rings. The Balaban J connectivity index is 1.02. The average molecular weight is 745 g/mol. The van der Waals surface area contributed by atoms with Crippen molar-refractivity contribution in [3.63, 3.8) is 0 Å². The number of amides is 1. The Labute approximate surface area is 307 Å². The van der Waals surface area contributed by atoms with E-state index in [0.717, 1.165) is 39.0 Å². The zero-order valence-corrected chi connectivity index (χ0v) is 31.8. The molecule has 1 aromatic heterocycles. The van der Waals surface area contributed by atoms with Gasteiger partial charge < -0.3 is 24.8 Å². The Kier molecular flexibility index (Phi) is 11.6. The van der Waals surface area contributed by atoms with E-state index < -0.39 is 21.7 Å². The Morgan fingerprint density at radius 2 is 1.75 bits per heavy atom. The van der Waals surface area contributed by atoms with Crippen LogP contribution in [0.3, 0.4) is 0 Å². The summed E-state index contributed by atoms with van der Waals surface area (Å²) < 4.78 is 66.6. The minimum atomic E-state index is -3.64. The predicted molar refractivity (Wildman–Crippen MR) is 197 cm³/mol. The van der Waals surface area contributed by atoms with Gasteiger partial charge in [0, 0.05) is 75.9 Å². The standard InChI is InChI=1S/C37H54F2N8O4S/c1-6-7-30-22-46(19-14-41-30)52(49,50)45-17-12-37(39,13-18-45)25-43-15-10-36(11-16-43)23-44(24-36)34-33(21-40-26-42-34)51-32-9-8-29(38)20-31(32)35(48)47(27(2)3)28(4)5/h6,8-9,20-21,26-28,30,41H,1,7,10-19,22-25H2,2-5H3/t30-/m0/s1. The molecule has 0 unspecified atom stereocenters. The fraction of sp³-hybridized carbons (Fsp3) is 0.649. The molecule has 1 N–H and O–H groups in total. The number of piperidine rings is 2. The molecule has 1 atom stereocenters. The Bertz CT molecular complexity index is 1680. The van der Waals surface area contributed by atoms with Crippen LogP contribution in [0.4, 0.5) is 14.6 Å². The summed E-state index contributed by atoms with van der Waals surface area (Å²) in [5.41, 5.74) is -1.22. The van der Waals surface area contributed by atoms with Crippen LogP contribution in [0.25, 0.3) is 0 Å². The van der Waals surface area contributed by atoms with Gasteiger partial charge in [0.2, 0.25) is 0 Å². The largest absolute Gasteiger partial charge is 0.451 e. The smallest absolute Gasteiger partial charge is 0.282 e. The third kappa shape index (κ3) is 8.28. The number of aromatic nitrogens is 2. The lowest BCUT2D eigenvalue weighted by molar-refractivity contribution is 0.00811. The maximum Gasteiger partial charge on any atom is 0.282 e. The van der Waals surface area contributed by atoms with Gasteiger partial charge in [-0.25, -0.2) is 18.7 Å². The predicted octanol–water partition coefficient (Wildman–Crippen LogP) is 4.47. The van der Waals surface area contributed by atoms with Crippen molar-refractivity contribution in [2.45, 2.75) is 83.6 Å². The Hall–Kier alpha value is -3.24. The molecule has 0 bridgehead atoms. The molecule has 0 aliphatic carbocycles. The molecule has 15 heteroatoms. The topological polar surface area (TPSA) is 114 Å². The first kappa shape index (κ1) is 38.5. The van der Waals surface area contributed by atoms with E-state index in [1.165, 1.54) is 33.1 Å². The molecule has 52 heavy (non-hydrogen) atoms. The van der Waals surface area contributed by atoms with Gasteiger partial charge in [-0.15, -0.1) is 6.58 Å². The summed E-state index contributed by atoms with van der Waals surface area (Å²) in [5.74, 6) is 0.395. The number of halogens is 2. The molecule has 12 nitrogen and oxygen atoms in total. The van der Waals surface area contributed by atoms with Gasteiger partial charge in [0.25, 0.3) is 16.1 Å². The molecule has 4 aliphatic heterocycles. The van der Waals surface area contributed by atoms with Gasteiger partial charge in [0.15, 0.2) is 11.6 Å². The number of piperazine rings is 1. The SMILES string of the molecule is C=CC[C@H]1CN(S(=O)(=O)N2CCC(F)(CN3CCC4(CC3)CN(c3ncncc3Oc3ccc(F)cc3C(=O)N(C(C)C)C(C)C)C4)CC2)CCN1. The van der Waals surface area contributed by atoms with Crippen LogP contribution < -0.4 is 15.0 Å². The number of hydrogen-bond donors (Lipinski definition) is 1. The zero-order valence-electron chi connectivity index (χ0n) is 30.9. The van der Waals surface area contributed by atoms with Crippen molar-refractivity contribution in [1.29, 1.82) is 0 Å². The van der Waals surface area contributed by atoms with Crippen LogP contribution in [0, 0.1) is 11.2 Å². The normalized spacial score (nSPS) is 22.8. The lowest BCUT2D eigenvalue weighted by atomic mass is 9.71. The quantitative estimate of drug-likeness (QED) is 0.315. The minimum Gasteiger partial charge on any atom is -0.451 e. The van der Waals surface area contributed by atoms with Gasteiger partial charge in [-0.1, -0.05) is 6.08 Å². The molecule has 1 amide bonds. The second-order valence-corrected chi connectivity index (χ2v) is 17.5. The number of nitrogens with one attached hydrogen (secondary N) is 1. The van der Waals surface area contributed by atoms with Crippen LogP contribution >= 0.6 is 0 Å². The molecule has 5 heterocycles. The van der Waals surface area contributed by atoms with Gasteiger partial charge in [-0.2, -0.15) is 17.0 Å². The summed E-state index contributed by atoms with van der Waals surface area (Å²) in [6, 6.07) is 3.83. The number of carbonyl (C=O) groups excluding carboxylic acids is 1. The number of rotatable bonds is 12. The van der Waals surface area contributed by atoms with Crippen LogP contribution in [0.15, 0.2) is 43.4 Å². The Morgan fingerprint density at radius 1 is 1.06 bits per heavy atom. The van der Waals surface area contributed by atoms with E-state index in [0.29, 0.717) is 44.2 Å². The van der Waals surface area contributed by atoms with Crippen molar-refractivity contribution in [2.24, 2.45) is 5.41 Å². The number of ether oxygens (including phenoxy) is 1. The van der Waals surface area contributed by atoms with E-state index in [-0.39, 0.29) is 66.7 Å². The summed E-state index contributed by atoms with van der Waals surface area (Å²) in [6.07, 6.45) is 7.72. The highest BCUT2D eigenvalue weighted by molar-refractivity contribution is 7.86. The number of likely N-dealkylation sites (tertiary alicyclic amines) is 1. The number of alkyl halides is 1. The fourth-order valence-electron chi connectivity index (χ4n) is 8.32. The van der Waals surface area contributed by atoms with E-state index in [9.17, 15) is 17.6 Å². The number of nitrogens with zero attached hydrogens (tertiary/aromatic N) is 7. The van der Waals surface area contributed by atoms with Crippen molar-refractivity contribution < 1.29 is 26.7 Å². The summed E-state index contributed by atoms with van der Waals surface area (Å²) in [6.45, 7) is 16.6. The fourth-order valence-corrected chi connectivity index (χ4v) is 9.98. The first-order valence-electron chi connectivity index (χ1n) is 18.6. The minimum absolute atomic E-state index is 0.0462. The molecule has 4 saturated heterocycles. The molecule has 4 fully saturated rings. The first-order chi connectivity index (χ1) is 24.7. The molecule has 1 spiro atoms. The molecule has 0 radical (unpaired) electrons. The first-order valence-corrected chi connectivity index (χ1v) is 20.0. The van der Waals surface area contributed by atoms with Crippen LogP contribution in [0.2, 0.25) is 0 Å². The number of carbonyl (C=O) groups is 1. The van der Waals surface area contributed by atoms with E-state index in [4.69, 9.17) is 4.74 Å². The highest BCUT2D eigenvalue weighted by Gasteiger charge is 2.48. The van der Waals surface area contributed by atoms with E-state index >= 15 is 4.39 Å². The number of anilines is 1. The number of hydrogen-bond acceptors (Lipinski definition) is 9. The molecule has 1 aromatic carbocycles. The zero-order chi connectivity index (χ0) is 37.3. The highest BCUT2D eigenvalue weighted by atomic mass is 32.2. The van der Waals surface area contributed by atoms with Crippen LogP contribution in [0.1, 0.15) is 70.2 Å². The monoisotopic (exact) mass is 744 g/mol. The van der Waals surface area contributed by atoms with Crippen LogP contribution in [-0.4, -0.2) is 132 Å². The summed E-state index contributed by atoms with van der Waals surface area (Å²) in [5, 5.41) is 3.34.